The van der Waals surface area contributed by atoms with Crippen LogP contribution in [0.1, 0.15) is 31.9 Å². The Morgan fingerprint density at radius 3 is 2.57 bits per heavy atom. The van der Waals surface area contributed by atoms with Crippen molar-refractivity contribution in [3.05, 3.63) is 28.2 Å². The molecule has 0 saturated heterocycles. The fourth-order valence-corrected chi connectivity index (χ4v) is 1.74. The van der Waals surface area contributed by atoms with Gasteiger partial charge in [0.25, 0.3) is 0 Å². The van der Waals surface area contributed by atoms with E-state index in [1.54, 1.807) is 18.2 Å². The Morgan fingerprint density at radius 1 is 1.36 bits per heavy atom. The molecule has 0 heterocycles. The molecule has 3 heteroatoms. The third-order valence-corrected chi connectivity index (χ3v) is 2.54. The SMILES string of the molecule is CC(C)CC(O)c1cc(Br)ccc1O. The first-order chi connectivity index (χ1) is 6.50. The van der Waals surface area contributed by atoms with Gasteiger partial charge in [-0.25, -0.2) is 0 Å². The lowest BCUT2D eigenvalue weighted by Crippen LogP contribution is -2.02. The third-order valence-electron chi connectivity index (χ3n) is 2.04. The summed E-state index contributed by atoms with van der Waals surface area (Å²) in [5.74, 6) is 0.560. The van der Waals surface area contributed by atoms with E-state index in [2.05, 4.69) is 15.9 Å². The van der Waals surface area contributed by atoms with Crippen molar-refractivity contribution < 1.29 is 10.2 Å². The van der Waals surface area contributed by atoms with E-state index in [9.17, 15) is 10.2 Å². The minimum Gasteiger partial charge on any atom is -0.508 e. The highest BCUT2D eigenvalue weighted by atomic mass is 79.9. The number of aliphatic hydroxyl groups excluding tert-OH is 1. The van der Waals surface area contributed by atoms with E-state index in [1.165, 1.54) is 0 Å². The summed E-state index contributed by atoms with van der Waals surface area (Å²) in [4.78, 5) is 0. The molecule has 0 aromatic heterocycles. The average Bonchev–Trinajstić information content (AvgIpc) is 2.08. The van der Waals surface area contributed by atoms with Crippen molar-refractivity contribution in [2.24, 2.45) is 5.92 Å². The lowest BCUT2D eigenvalue weighted by atomic mass is 9.99. The van der Waals surface area contributed by atoms with Crippen LogP contribution in [0.2, 0.25) is 0 Å². The smallest absolute Gasteiger partial charge is 0.121 e. The molecule has 0 saturated carbocycles. The molecular formula is C11H15BrO2. The Hall–Kier alpha value is -0.540. The number of benzene rings is 1. The van der Waals surface area contributed by atoms with Crippen LogP contribution in [-0.2, 0) is 0 Å². The first kappa shape index (κ1) is 11.5. The van der Waals surface area contributed by atoms with Crippen molar-refractivity contribution in [3.8, 4) is 5.75 Å². The van der Waals surface area contributed by atoms with E-state index in [4.69, 9.17) is 0 Å². The summed E-state index contributed by atoms with van der Waals surface area (Å²) in [6.07, 6.45) is 0.0665. The van der Waals surface area contributed by atoms with Gasteiger partial charge in [0.1, 0.15) is 5.75 Å². The van der Waals surface area contributed by atoms with Crippen LogP contribution >= 0.6 is 15.9 Å². The first-order valence-corrected chi connectivity index (χ1v) is 5.46. The van der Waals surface area contributed by atoms with Crippen LogP contribution < -0.4 is 0 Å². The maximum atomic E-state index is 9.82. The van der Waals surface area contributed by atoms with Crippen molar-refractivity contribution in [1.82, 2.24) is 0 Å². The molecule has 14 heavy (non-hydrogen) atoms. The van der Waals surface area contributed by atoms with Crippen LogP contribution in [0.15, 0.2) is 22.7 Å². The maximum Gasteiger partial charge on any atom is 0.121 e. The monoisotopic (exact) mass is 258 g/mol. The summed E-state index contributed by atoms with van der Waals surface area (Å²) in [7, 11) is 0. The van der Waals surface area contributed by atoms with Gasteiger partial charge in [-0.2, -0.15) is 0 Å². The van der Waals surface area contributed by atoms with Gasteiger partial charge < -0.3 is 10.2 Å². The first-order valence-electron chi connectivity index (χ1n) is 4.67. The molecule has 1 rings (SSSR count). The quantitative estimate of drug-likeness (QED) is 0.874. The number of hydrogen-bond donors (Lipinski definition) is 2. The minimum atomic E-state index is -0.590. The molecule has 1 aromatic rings. The molecule has 0 aliphatic rings. The van der Waals surface area contributed by atoms with Gasteiger partial charge in [-0.3, -0.25) is 0 Å². The number of phenols is 1. The van der Waals surface area contributed by atoms with Crippen LogP contribution in [0.4, 0.5) is 0 Å². The van der Waals surface area contributed by atoms with E-state index in [0.29, 0.717) is 17.9 Å². The molecule has 1 unspecified atom stereocenters. The van der Waals surface area contributed by atoms with Gasteiger partial charge in [-0.05, 0) is 30.5 Å². The molecule has 1 atom stereocenters. The van der Waals surface area contributed by atoms with Crippen LogP contribution in [0.25, 0.3) is 0 Å². The van der Waals surface area contributed by atoms with Crippen molar-refractivity contribution in [1.29, 1.82) is 0 Å². The van der Waals surface area contributed by atoms with E-state index < -0.39 is 6.10 Å². The third kappa shape index (κ3) is 3.00. The Labute approximate surface area is 92.7 Å². The highest BCUT2D eigenvalue weighted by molar-refractivity contribution is 9.10. The highest BCUT2D eigenvalue weighted by Crippen LogP contribution is 2.30. The number of aromatic hydroxyl groups is 1. The number of halogens is 1. The van der Waals surface area contributed by atoms with Crippen LogP contribution in [0.3, 0.4) is 0 Å². The molecule has 0 spiro atoms. The highest BCUT2D eigenvalue weighted by Gasteiger charge is 2.13. The Balaban J connectivity index is 2.88. The zero-order valence-electron chi connectivity index (χ0n) is 8.37. The average molecular weight is 259 g/mol. The molecule has 1 aromatic carbocycles. The number of rotatable bonds is 3. The van der Waals surface area contributed by atoms with Crippen LogP contribution in [-0.4, -0.2) is 10.2 Å². The topological polar surface area (TPSA) is 40.5 Å². The Kier molecular flexibility index (Phi) is 3.96. The number of phenolic OH excluding ortho intramolecular Hbond substituents is 1. The zero-order valence-corrected chi connectivity index (χ0v) is 9.95. The summed E-state index contributed by atoms with van der Waals surface area (Å²) >= 11 is 3.31. The van der Waals surface area contributed by atoms with Gasteiger partial charge in [0.2, 0.25) is 0 Å². The summed E-state index contributed by atoms with van der Waals surface area (Å²) in [6, 6.07) is 5.09. The Bertz CT molecular complexity index is 310. The minimum absolute atomic E-state index is 0.154. The largest absolute Gasteiger partial charge is 0.508 e. The van der Waals surface area contributed by atoms with Gasteiger partial charge in [0.15, 0.2) is 0 Å². The van der Waals surface area contributed by atoms with Crippen molar-refractivity contribution in [2.45, 2.75) is 26.4 Å². The molecule has 0 aliphatic carbocycles. The summed E-state index contributed by atoms with van der Waals surface area (Å²) in [5, 5.41) is 19.4. The molecule has 0 fully saturated rings. The molecule has 2 N–H and O–H groups in total. The van der Waals surface area contributed by atoms with Crippen LogP contribution in [0, 0.1) is 5.92 Å². The van der Waals surface area contributed by atoms with Gasteiger partial charge in [0, 0.05) is 10.0 Å². The Morgan fingerprint density at radius 2 is 2.00 bits per heavy atom. The zero-order chi connectivity index (χ0) is 10.7. The fraction of sp³-hybridized carbons (Fsp3) is 0.455. The van der Waals surface area contributed by atoms with E-state index in [-0.39, 0.29) is 5.75 Å². The molecule has 2 nitrogen and oxygen atoms in total. The van der Waals surface area contributed by atoms with Gasteiger partial charge in [-0.1, -0.05) is 29.8 Å². The number of aliphatic hydroxyl groups is 1. The van der Waals surface area contributed by atoms with Crippen molar-refractivity contribution in [2.75, 3.05) is 0 Å². The second-order valence-electron chi connectivity index (χ2n) is 3.85. The van der Waals surface area contributed by atoms with Gasteiger partial charge in [0.05, 0.1) is 6.10 Å². The molecule has 0 radical (unpaired) electrons. The van der Waals surface area contributed by atoms with Gasteiger partial charge in [-0.15, -0.1) is 0 Å². The second-order valence-corrected chi connectivity index (χ2v) is 4.76. The molecular weight excluding hydrogens is 244 g/mol. The van der Waals surface area contributed by atoms with E-state index in [1.807, 2.05) is 13.8 Å². The molecule has 0 amide bonds. The van der Waals surface area contributed by atoms with Gasteiger partial charge >= 0.3 is 0 Å². The second kappa shape index (κ2) is 4.80. The lowest BCUT2D eigenvalue weighted by molar-refractivity contribution is 0.147. The standard InChI is InChI=1S/C11H15BrO2/c1-7(2)5-11(14)9-6-8(12)3-4-10(9)13/h3-4,6-7,11,13-14H,5H2,1-2H3. The fourth-order valence-electron chi connectivity index (χ4n) is 1.37. The normalized spacial score (nSPS) is 13.2. The summed E-state index contributed by atoms with van der Waals surface area (Å²) in [5.41, 5.74) is 0.591. The van der Waals surface area contributed by atoms with E-state index in [0.717, 1.165) is 4.47 Å². The molecule has 0 aliphatic heterocycles. The predicted octanol–water partition coefficient (Wildman–Crippen LogP) is 3.23. The lowest BCUT2D eigenvalue weighted by Gasteiger charge is -2.14. The maximum absolute atomic E-state index is 9.82. The van der Waals surface area contributed by atoms with Crippen molar-refractivity contribution >= 4 is 15.9 Å². The van der Waals surface area contributed by atoms with Crippen LogP contribution in [0.5, 0.6) is 5.75 Å². The molecule has 78 valence electrons. The van der Waals surface area contributed by atoms with Crippen molar-refractivity contribution in [3.63, 3.8) is 0 Å². The summed E-state index contributed by atoms with van der Waals surface area (Å²) in [6.45, 7) is 4.08. The predicted molar refractivity (Wildman–Crippen MR) is 60.2 cm³/mol. The number of hydrogen-bond acceptors (Lipinski definition) is 2. The molecule has 0 bridgehead atoms. The summed E-state index contributed by atoms with van der Waals surface area (Å²) < 4.78 is 0.869. The van der Waals surface area contributed by atoms with E-state index >= 15 is 0 Å².